The van der Waals surface area contributed by atoms with Crippen molar-refractivity contribution < 1.29 is 41.6 Å². The van der Waals surface area contributed by atoms with Gasteiger partial charge in [-0.05, 0) is 11.5 Å². The number of amides is 1. The second-order valence-electron chi connectivity index (χ2n) is 6.53. The minimum absolute atomic E-state index is 0.390. The quantitative estimate of drug-likeness (QED) is 0.466. The van der Waals surface area contributed by atoms with Gasteiger partial charge in [0.2, 0.25) is 12.2 Å². The number of fused-ring (bicyclic) bond motifs is 1. The first-order valence-electron chi connectivity index (χ1n) is 8.71. The first-order chi connectivity index (χ1) is 13.7. The molecule has 2 aromatic rings. The Morgan fingerprint density at radius 2 is 1.90 bits per heavy atom. The first kappa shape index (κ1) is 21.4. The zero-order valence-electron chi connectivity index (χ0n) is 15.3. The molecular formula is C18H21NO9S. The van der Waals surface area contributed by atoms with Crippen molar-refractivity contribution >= 4 is 27.1 Å². The Bertz CT molecular complexity index is 975. The van der Waals surface area contributed by atoms with E-state index in [2.05, 4.69) is 9.50 Å². The summed E-state index contributed by atoms with van der Waals surface area (Å²) >= 11 is 0. The van der Waals surface area contributed by atoms with Gasteiger partial charge in [-0.2, -0.15) is 8.42 Å². The molecule has 5 atom stereocenters. The minimum Gasteiger partial charge on any atom is -0.462 e. The molecule has 0 saturated carbocycles. The van der Waals surface area contributed by atoms with Crippen LogP contribution in [0.3, 0.4) is 0 Å². The smallest absolute Gasteiger partial charge is 0.397 e. The second kappa shape index (κ2) is 8.61. The van der Waals surface area contributed by atoms with Crippen molar-refractivity contribution in [1.82, 2.24) is 5.32 Å². The summed E-state index contributed by atoms with van der Waals surface area (Å²) in [4.78, 5) is 11.6. The molecule has 1 saturated heterocycles. The monoisotopic (exact) mass is 427 g/mol. The van der Waals surface area contributed by atoms with Crippen LogP contribution in [0, 0.1) is 0 Å². The van der Waals surface area contributed by atoms with E-state index in [4.69, 9.17) is 14.0 Å². The Balaban J connectivity index is 1.94. The Hall–Kier alpha value is -2.28. The molecule has 1 fully saturated rings. The summed E-state index contributed by atoms with van der Waals surface area (Å²) < 4.78 is 47.1. The summed E-state index contributed by atoms with van der Waals surface area (Å²) in [6.07, 6.45) is -5.97. The van der Waals surface area contributed by atoms with E-state index in [9.17, 15) is 23.4 Å². The zero-order valence-corrected chi connectivity index (χ0v) is 16.2. The normalized spacial score (nSPS) is 27.5. The van der Waals surface area contributed by atoms with Crippen LogP contribution < -0.4 is 10.1 Å². The summed E-state index contributed by atoms with van der Waals surface area (Å²) in [5.74, 6) is -0.154. The molecule has 0 spiro atoms. The predicted octanol–water partition coefficient (Wildman–Crippen LogP) is -0.0106. The van der Waals surface area contributed by atoms with Crippen molar-refractivity contribution in [2.75, 3.05) is 6.61 Å². The molecule has 11 heteroatoms. The average Bonchev–Trinajstić information content (AvgIpc) is 2.66. The van der Waals surface area contributed by atoms with Crippen LogP contribution in [-0.4, -0.2) is 66.3 Å². The molecule has 0 radical (unpaired) electrons. The van der Waals surface area contributed by atoms with Gasteiger partial charge >= 0.3 is 10.4 Å². The van der Waals surface area contributed by atoms with Crippen molar-refractivity contribution in [1.29, 1.82) is 0 Å². The van der Waals surface area contributed by atoms with Gasteiger partial charge < -0.3 is 25.0 Å². The van der Waals surface area contributed by atoms with Crippen molar-refractivity contribution in [3.63, 3.8) is 0 Å². The number of aliphatic hydroxyl groups is 2. The third kappa shape index (κ3) is 5.01. The largest absolute Gasteiger partial charge is 0.462 e. The van der Waals surface area contributed by atoms with E-state index in [-0.39, 0.29) is 0 Å². The number of hydrogen-bond donors (Lipinski definition) is 4. The zero-order chi connectivity index (χ0) is 21.2. The van der Waals surface area contributed by atoms with Crippen LogP contribution in [-0.2, 0) is 24.1 Å². The highest BCUT2D eigenvalue weighted by Crippen LogP contribution is 2.31. The Morgan fingerprint density at radius 3 is 2.55 bits per heavy atom. The van der Waals surface area contributed by atoms with Gasteiger partial charge in [-0.25, -0.2) is 4.18 Å². The predicted molar refractivity (Wildman–Crippen MR) is 100 cm³/mol. The van der Waals surface area contributed by atoms with Gasteiger partial charge in [0.1, 0.15) is 30.1 Å². The van der Waals surface area contributed by atoms with Crippen LogP contribution >= 0.6 is 0 Å². The molecule has 0 aromatic heterocycles. The maximum absolute atomic E-state index is 11.6. The van der Waals surface area contributed by atoms with E-state index in [0.29, 0.717) is 5.75 Å². The standard InChI is InChI=1S/C18H21NO9S/c1-10(21)19-15-16(22)17(28-29(23,24)25)14(9-20)27-18(15)26-13-8-4-6-11-5-2-3-7-12(11)13/h2-8,14-18,20,22H,9H2,1H3,(H,19,21)(H,23,24,25)/t14-,15-,16-,17+,18-/m1/s1. The number of nitrogens with one attached hydrogen (secondary N) is 1. The van der Waals surface area contributed by atoms with E-state index in [0.717, 1.165) is 10.8 Å². The van der Waals surface area contributed by atoms with Crippen LogP contribution in [0.5, 0.6) is 5.75 Å². The van der Waals surface area contributed by atoms with E-state index in [1.807, 2.05) is 30.3 Å². The molecule has 4 N–H and O–H groups in total. The van der Waals surface area contributed by atoms with Crippen molar-refractivity contribution in [3.8, 4) is 5.75 Å². The molecule has 2 aromatic carbocycles. The van der Waals surface area contributed by atoms with Gasteiger partial charge in [0, 0.05) is 12.3 Å². The molecule has 0 aliphatic carbocycles. The summed E-state index contributed by atoms with van der Waals surface area (Å²) in [7, 11) is -4.96. The highest BCUT2D eigenvalue weighted by molar-refractivity contribution is 7.80. The number of benzene rings is 2. The molecule has 29 heavy (non-hydrogen) atoms. The van der Waals surface area contributed by atoms with Gasteiger partial charge in [-0.15, -0.1) is 0 Å². The number of carbonyl (C=O) groups is 1. The third-order valence-corrected chi connectivity index (χ3v) is 4.91. The summed E-state index contributed by atoms with van der Waals surface area (Å²) in [5.41, 5.74) is 0. The van der Waals surface area contributed by atoms with E-state index < -0.39 is 53.6 Å². The van der Waals surface area contributed by atoms with Crippen LogP contribution in [0.4, 0.5) is 0 Å². The summed E-state index contributed by atoms with van der Waals surface area (Å²) in [5, 5.41) is 24.2. The van der Waals surface area contributed by atoms with Crippen LogP contribution in [0.25, 0.3) is 10.8 Å². The molecular weight excluding hydrogens is 406 g/mol. The van der Waals surface area contributed by atoms with Gasteiger partial charge in [0.05, 0.1) is 6.61 Å². The molecule has 1 aliphatic heterocycles. The molecule has 1 heterocycles. The third-order valence-electron chi connectivity index (χ3n) is 4.45. The van der Waals surface area contributed by atoms with E-state index in [1.54, 1.807) is 12.1 Å². The highest BCUT2D eigenvalue weighted by atomic mass is 32.3. The highest BCUT2D eigenvalue weighted by Gasteiger charge is 2.49. The SMILES string of the molecule is CC(=O)N[C@H]1[C@H](Oc2cccc3ccccc23)O[C@H](CO)[C@H](OS(=O)(=O)O)[C@@H]1O. The Labute approximate surface area is 167 Å². The molecule has 1 amide bonds. The molecule has 3 rings (SSSR count). The van der Waals surface area contributed by atoms with E-state index in [1.165, 1.54) is 6.92 Å². The molecule has 0 bridgehead atoms. The number of rotatable bonds is 6. The molecule has 1 aliphatic rings. The maximum atomic E-state index is 11.6. The first-order valence-corrected chi connectivity index (χ1v) is 10.1. The van der Waals surface area contributed by atoms with Crippen LogP contribution in [0.15, 0.2) is 42.5 Å². The van der Waals surface area contributed by atoms with Crippen molar-refractivity contribution in [2.24, 2.45) is 0 Å². The fourth-order valence-electron chi connectivity index (χ4n) is 3.24. The van der Waals surface area contributed by atoms with Gasteiger partial charge in [-0.1, -0.05) is 36.4 Å². The van der Waals surface area contributed by atoms with Crippen molar-refractivity contribution in [3.05, 3.63) is 42.5 Å². The molecule has 0 unspecified atom stereocenters. The summed E-state index contributed by atoms with van der Waals surface area (Å²) in [6, 6.07) is 11.4. The number of carbonyl (C=O) groups excluding carboxylic acids is 1. The lowest BCUT2D eigenvalue weighted by Crippen LogP contribution is -2.66. The summed E-state index contributed by atoms with van der Waals surface area (Å²) in [6.45, 7) is 0.456. The number of aliphatic hydroxyl groups excluding tert-OH is 2. The minimum atomic E-state index is -4.96. The Kier molecular flexibility index (Phi) is 6.36. The second-order valence-corrected chi connectivity index (χ2v) is 7.57. The fraction of sp³-hybridized carbons (Fsp3) is 0.389. The lowest BCUT2D eigenvalue weighted by molar-refractivity contribution is -0.238. The van der Waals surface area contributed by atoms with E-state index >= 15 is 0 Å². The average molecular weight is 427 g/mol. The van der Waals surface area contributed by atoms with Crippen LogP contribution in [0.1, 0.15) is 6.92 Å². The van der Waals surface area contributed by atoms with Gasteiger partial charge in [-0.3, -0.25) is 9.35 Å². The lowest BCUT2D eigenvalue weighted by atomic mass is 9.97. The lowest BCUT2D eigenvalue weighted by Gasteiger charge is -2.43. The number of ether oxygens (including phenoxy) is 2. The molecule has 158 valence electrons. The van der Waals surface area contributed by atoms with Gasteiger partial charge in [0.25, 0.3) is 0 Å². The topological polar surface area (TPSA) is 152 Å². The molecule has 10 nitrogen and oxygen atoms in total. The van der Waals surface area contributed by atoms with Crippen LogP contribution in [0.2, 0.25) is 0 Å². The Morgan fingerprint density at radius 1 is 1.21 bits per heavy atom. The van der Waals surface area contributed by atoms with Crippen molar-refractivity contribution in [2.45, 2.75) is 37.6 Å². The van der Waals surface area contributed by atoms with Gasteiger partial charge in [0.15, 0.2) is 0 Å². The maximum Gasteiger partial charge on any atom is 0.397 e. The number of hydrogen-bond acceptors (Lipinski definition) is 8. The fourth-order valence-corrected chi connectivity index (χ4v) is 3.76.